The van der Waals surface area contributed by atoms with Crippen molar-refractivity contribution in [3.05, 3.63) is 40.2 Å². The Kier molecular flexibility index (Phi) is 6.31. The molecule has 0 N–H and O–H groups in total. The highest BCUT2D eigenvalue weighted by atomic mass is 16.6. The van der Waals surface area contributed by atoms with Crippen molar-refractivity contribution in [3.8, 4) is 0 Å². The van der Waals surface area contributed by atoms with E-state index in [0.717, 1.165) is 18.4 Å². The summed E-state index contributed by atoms with van der Waals surface area (Å²) in [6, 6.07) is 1.71. The average molecular weight is 278 g/mol. The maximum atomic E-state index is 11.0. The summed E-state index contributed by atoms with van der Waals surface area (Å²) in [7, 11) is 1.70. The van der Waals surface area contributed by atoms with Gasteiger partial charge in [0.05, 0.1) is 16.6 Å². The van der Waals surface area contributed by atoms with Crippen molar-refractivity contribution in [1.82, 2.24) is 4.98 Å². The summed E-state index contributed by atoms with van der Waals surface area (Å²) in [4.78, 5) is 14.4. The molecule has 0 amide bonds. The molecule has 0 saturated carbocycles. The van der Waals surface area contributed by atoms with Gasteiger partial charge in [-0.25, -0.2) is 0 Å². The highest BCUT2D eigenvalue weighted by Gasteiger charge is 2.25. The number of aromatic nitrogens is 1. The third kappa shape index (κ3) is 3.63. The highest BCUT2D eigenvalue weighted by Crippen LogP contribution is 2.35. The van der Waals surface area contributed by atoms with E-state index in [4.69, 9.17) is 4.74 Å². The number of nitrogens with zero attached hydrogens (tertiary/aromatic N) is 2. The molecule has 2 rings (SSSR count). The molecule has 1 heterocycles. The Morgan fingerprint density at radius 3 is 2.70 bits per heavy atom. The van der Waals surface area contributed by atoms with Crippen molar-refractivity contribution < 1.29 is 9.66 Å². The van der Waals surface area contributed by atoms with Gasteiger partial charge in [-0.15, -0.1) is 0 Å². The van der Waals surface area contributed by atoms with Crippen LogP contribution in [0.5, 0.6) is 0 Å². The molecule has 0 fully saturated rings. The number of hydrogen-bond acceptors (Lipinski definition) is 4. The molecule has 2 atom stereocenters. The zero-order chi connectivity index (χ0) is 15.1. The summed E-state index contributed by atoms with van der Waals surface area (Å²) in [6.07, 6.45) is 6.74. The van der Waals surface area contributed by atoms with Crippen molar-refractivity contribution in [3.63, 3.8) is 0 Å². The molecule has 0 saturated heterocycles. The predicted octanol–water partition coefficient (Wildman–Crippen LogP) is 3.84. The van der Waals surface area contributed by atoms with Gasteiger partial charge in [-0.3, -0.25) is 15.1 Å². The Labute approximate surface area is 119 Å². The summed E-state index contributed by atoms with van der Waals surface area (Å²) in [5.74, 6) is 0.364. The zero-order valence-electron chi connectivity index (χ0n) is 12.5. The van der Waals surface area contributed by atoms with E-state index in [1.807, 2.05) is 19.9 Å². The zero-order valence-corrected chi connectivity index (χ0v) is 12.5. The number of hydrogen-bond donors (Lipinski definition) is 0. The molecule has 1 aliphatic carbocycles. The van der Waals surface area contributed by atoms with Crippen molar-refractivity contribution in [2.45, 2.75) is 39.7 Å². The minimum atomic E-state index is -0.379. The first-order valence-electron chi connectivity index (χ1n) is 6.94. The second-order valence-electron chi connectivity index (χ2n) is 4.57. The van der Waals surface area contributed by atoms with Gasteiger partial charge in [-0.1, -0.05) is 26.8 Å². The summed E-state index contributed by atoms with van der Waals surface area (Å²) in [5.41, 5.74) is 1.77. The molecule has 110 valence electrons. The van der Waals surface area contributed by atoms with Crippen LogP contribution in [0.4, 0.5) is 5.69 Å². The Bertz CT molecular complexity index is 486. The molecule has 2 unspecified atom stereocenters. The molecule has 20 heavy (non-hydrogen) atoms. The number of allylic oxidation sites excluding steroid dienone is 1. The number of rotatable bonds is 3. The van der Waals surface area contributed by atoms with E-state index in [1.54, 1.807) is 19.4 Å². The maximum Gasteiger partial charge on any atom is 0.294 e. The van der Waals surface area contributed by atoms with E-state index in [0.29, 0.717) is 11.5 Å². The molecule has 0 bridgehead atoms. The van der Waals surface area contributed by atoms with Gasteiger partial charge in [0.15, 0.2) is 0 Å². The average Bonchev–Trinajstić information content (AvgIpc) is 2.49. The second-order valence-corrected chi connectivity index (χ2v) is 4.57. The van der Waals surface area contributed by atoms with Gasteiger partial charge in [0.2, 0.25) is 0 Å². The van der Waals surface area contributed by atoms with E-state index in [-0.39, 0.29) is 16.7 Å². The lowest BCUT2D eigenvalue weighted by atomic mass is 9.84. The lowest BCUT2D eigenvalue weighted by Crippen LogP contribution is -2.23. The SMILES string of the molecule is CC.COC1CC=C(c2ccncc2[N+](=O)[O-])CC1C. The third-order valence-electron chi connectivity index (χ3n) is 3.42. The van der Waals surface area contributed by atoms with E-state index in [1.165, 1.54) is 6.20 Å². The van der Waals surface area contributed by atoms with Crippen LogP contribution in [-0.4, -0.2) is 23.1 Å². The largest absolute Gasteiger partial charge is 0.381 e. The third-order valence-corrected chi connectivity index (χ3v) is 3.42. The van der Waals surface area contributed by atoms with Gasteiger partial charge in [0.1, 0.15) is 6.20 Å². The van der Waals surface area contributed by atoms with Crippen molar-refractivity contribution in [2.75, 3.05) is 7.11 Å². The molecular formula is C15H22N2O3. The van der Waals surface area contributed by atoms with Crippen LogP contribution in [0.1, 0.15) is 39.2 Å². The van der Waals surface area contributed by atoms with Crippen LogP contribution >= 0.6 is 0 Å². The van der Waals surface area contributed by atoms with Crippen LogP contribution < -0.4 is 0 Å². The summed E-state index contributed by atoms with van der Waals surface area (Å²) < 4.78 is 5.37. The summed E-state index contributed by atoms with van der Waals surface area (Å²) >= 11 is 0. The van der Waals surface area contributed by atoms with Crippen LogP contribution in [0.25, 0.3) is 5.57 Å². The first-order chi connectivity index (χ1) is 9.63. The molecule has 1 aliphatic rings. The minimum absolute atomic E-state index is 0.0758. The number of ether oxygens (including phenoxy) is 1. The van der Waals surface area contributed by atoms with E-state index in [9.17, 15) is 10.1 Å². The van der Waals surface area contributed by atoms with Crippen LogP contribution in [-0.2, 0) is 4.74 Å². The van der Waals surface area contributed by atoms with Crippen LogP contribution in [0.2, 0.25) is 0 Å². The quantitative estimate of drug-likeness (QED) is 0.622. The van der Waals surface area contributed by atoms with Crippen LogP contribution in [0.15, 0.2) is 24.5 Å². The molecule has 5 heteroatoms. The van der Waals surface area contributed by atoms with E-state index < -0.39 is 0 Å². The van der Waals surface area contributed by atoms with Gasteiger partial charge in [0.25, 0.3) is 5.69 Å². The van der Waals surface area contributed by atoms with Gasteiger partial charge < -0.3 is 4.74 Å². The molecule has 0 aromatic carbocycles. The summed E-state index contributed by atoms with van der Waals surface area (Å²) in [5, 5.41) is 11.0. The Balaban J connectivity index is 0.000000956. The van der Waals surface area contributed by atoms with E-state index in [2.05, 4.69) is 11.9 Å². The molecule has 0 radical (unpaired) electrons. The van der Waals surface area contributed by atoms with Gasteiger partial charge >= 0.3 is 0 Å². The Morgan fingerprint density at radius 2 is 2.15 bits per heavy atom. The fraction of sp³-hybridized carbons (Fsp3) is 0.533. The van der Waals surface area contributed by atoms with Gasteiger partial charge in [0, 0.05) is 13.3 Å². The molecule has 1 aromatic rings. The number of methoxy groups -OCH3 is 1. The van der Waals surface area contributed by atoms with Gasteiger partial charge in [-0.05, 0) is 30.4 Å². The molecule has 0 spiro atoms. The topological polar surface area (TPSA) is 65.3 Å². The minimum Gasteiger partial charge on any atom is -0.381 e. The molecule has 5 nitrogen and oxygen atoms in total. The first-order valence-corrected chi connectivity index (χ1v) is 6.94. The highest BCUT2D eigenvalue weighted by molar-refractivity contribution is 5.73. The standard InChI is InChI=1S/C13H16N2O3.C2H6/c1-9-7-10(3-4-13(9)18-2)11-5-6-14-8-12(11)15(16)17;1-2/h3,5-6,8-9,13H,4,7H2,1-2H3;1-2H3. The fourth-order valence-electron chi connectivity index (χ4n) is 2.40. The monoisotopic (exact) mass is 278 g/mol. The second kappa shape index (κ2) is 7.75. The molecule has 1 aromatic heterocycles. The van der Waals surface area contributed by atoms with Crippen molar-refractivity contribution in [1.29, 1.82) is 0 Å². The Hall–Kier alpha value is -1.75. The lowest BCUT2D eigenvalue weighted by Gasteiger charge is -2.27. The number of pyridine rings is 1. The fourth-order valence-corrected chi connectivity index (χ4v) is 2.40. The molecular weight excluding hydrogens is 256 g/mol. The normalized spacial score (nSPS) is 21.5. The lowest BCUT2D eigenvalue weighted by molar-refractivity contribution is -0.385. The summed E-state index contributed by atoms with van der Waals surface area (Å²) in [6.45, 7) is 6.11. The van der Waals surface area contributed by atoms with E-state index >= 15 is 0 Å². The maximum absolute atomic E-state index is 11.0. The van der Waals surface area contributed by atoms with Crippen LogP contribution in [0.3, 0.4) is 0 Å². The predicted molar refractivity (Wildman–Crippen MR) is 79.4 cm³/mol. The number of nitro groups is 1. The Morgan fingerprint density at radius 1 is 1.45 bits per heavy atom. The van der Waals surface area contributed by atoms with Crippen molar-refractivity contribution in [2.24, 2.45) is 5.92 Å². The van der Waals surface area contributed by atoms with Crippen LogP contribution in [0, 0.1) is 16.0 Å². The van der Waals surface area contributed by atoms with Crippen molar-refractivity contribution >= 4 is 11.3 Å². The first kappa shape index (κ1) is 16.3. The van der Waals surface area contributed by atoms with Gasteiger partial charge in [-0.2, -0.15) is 0 Å². The molecule has 0 aliphatic heterocycles. The smallest absolute Gasteiger partial charge is 0.294 e.